The van der Waals surface area contributed by atoms with E-state index >= 15 is 0 Å². The number of hydrogen-bond acceptors (Lipinski definition) is 1. The maximum Gasteiger partial charge on any atom is 0.112 e. The lowest BCUT2D eigenvalue weighted by Gasteiger charge is -2.37. The molecule has 1 heterocycles. The Labute approximate surface area is 82.5 Å². The third-order valence-corrected chi connectivity index (χ3v) is 3.46. The number of rotatable bonds is 5. The standard InChI is InChI=1S/C11H24NO/c1-4-11(10-13-5-2)12(3)8-6-7-9-12/h11H,4-10H2,1-3H3/q+1/t11-/m1/s1. The highest BCUT2D eigenvalue weighted by Gasteiger charge is 2.34. The Balaban J connectivity index is 2.43. The molecule has 0 saturated carbocycles. The number of quaternary nitrogens is 1. The Hall–Kier alpha value is -0.0800. The van der Waals surface area contributed by atoms with Crippen LogP contribution in [0.2, 0.25) is 0 Å². The normalized spacial score (nSPS) is 23.3. The fourth-order valence-electron chi connectivity index (χ4n) is 2.42. The van der Waals surface area contributed by atoms with Gasteiger partial charge in [0.25, 0.3) is 0 Å². The molecule has 2 heteroatoms. The molecule has 0 aromatic rings. The van der Waals surface area contributed by atoms with Crippen LogP contribution in [-0.4, -0.2) is 43.9 Å². The van der Waals surface area contributed by atoms with Crippen molar-refractivity contribution in [2.45, 2.75) is 39.2 Å². The minimum atomic E-state index is 0.724. The van der Waals surface area contributed by atoms with E-state index in [4.69, 9.17) is 4.74 Å². The number of ether oxygens (including phenoxy) is 1. The Morgan fingerprint density at radius 3 is 2.31 bits per heavy atom. The first-order valence-electron chi connectivity index (χ1n) is 5.65. The second kappa shape index (κ2) is 4.97. The summed E-state index contributed by atoms with van der Waals surface area (Å²) in [6.45, 7) is 8.87. The van der Waals surface area contributed by atoms with Gasteiger partial charge in [-0.15, -0.1) is 0 Å². The number of likely N-dealkylation sites (N-methyl/N-ethyl adjacent to an activating group) is 1. The van der Waals surface area contributed by atoms with Gasteiger partial charge in [0.2, 0.25) is 0 Å². The third kappa shape index (κ3) is 2.68. The topological polar surface area (TPSA) is 9.23 Å². The molecule has 13 heavy (non-hydrogen) atoms. The van der Waals surface area contributed by atoms with Gasteiger partial charge in [0.15, 0.2) is 0 Å². The van der Waals surface area contributed by atoms with E-state index in [2.05, 4.69) is 20.9 Å². The molecule has 2 nitrogen and oxygen atoms in total. The van der Waals surface area contributed by atoms with Gasteiger partial charge in [0.1, 0.15) is 6.04 Å². The molecular weight excluding hydrogens is 162 g/mol. The molecule has 0 amide bonds. The van der Waals surface area contributed by atoms with Gasteiger partial charge in [-0.2, -0.15) is 0 Å². The monoisotopic (exact) mass is 186 g/mol. The highest BCUT2D eigenvalue weighted by Crippen LogP contribution is 2.22. The molecule has 0 aromatic carbocycles. The van der Waals surface area contributed by atoms with Crippen molar-refractivity contribution in [3.05, 3.63) is 0 Å². The second-order valence-electron chi connectivity index (χ2n) is 4.36. The molecule has 0 aliphatic carbocycles. The molecule has 78 valence electrons. The summed E-state index contributed by atoms with van der Waals surface area (Å²) in [7, 11) is 2.39. The summed E-state index contributed by atoms with van der Waals surface area (Å²) in [6.07, 6.45) is 4.05. The highest BCUT2D eigenvalue weighted by molar-refractivity contribution is 4.61. The average molecular weight is 186 g/mol. The van der Waals surface area contributed by atoms with E-state index in [-0.39, 0.29) is 0 Å². The average Bonchev–Trinajstić information content (AvgIpc) is 2.54. The Bertz CT molecular complexity index is 141. The van der Waals surface area contributed by atoms with Crippen molar-refractivity contribution in [1.29, 1.82) is 0 Å². The van der Waals surface area contributed by atoms with Gasteiger partial charge in [0.05, 0.1) is 26.7 Å². The van der Waals surface area contributed by atoms with Crippen molar-refractivity contribution >= 4 is 0 Å². The molecular formula is C11H24NO+. The van der Waals surface area contributed by atoms with Gasteiger partial charge in [-0.3, -0.25) is 0 Å². The van der Waals surface area contributed by atoms with Crippen LogP contribution in [0, 0.1) is 0 Å². The molecule has 1 fully saturated rings. The van der Waals surface area contributed by atoms with Crippen molar-refractivity contribution in [2.75, 3.05) is 33.4 Å². The summed E-state index contributed by atoms with van der Waals surface area (Å²) >= 11 is 0. The van der Waals surface area contributed by atoms with Gasteiger partial charge in [-0.05, 0) is 13.3 Å². The summed E-state index contributed by atoms with van der Waals surface area (Å²) < 4.78 is 6.80. The van der Waals surface area contributed by atoms with E-state index in [0.29, 0.717) is 0 Å². The van der Waals surface area contributed by atoms with Gasteiger partial charge in [-0.1, -0.05) is 6.92 Å². The molecule has 0 radical (unpaired) electrons. The van der Waals surface area contributed by atoms with Crippen molar-refractivity contribution in [2.24, 2.45) is 0 Å². The molecule has 0 unspecified atom stereocenters. The van der Waals surface area contributed by atoms with E-state index in [0.717, 1.165) is 19.3 Å². The Morgan fingerprint density at radius 1 is 1.23 bits per heavy atom. The Kier molecular flexibility index (Phi) is 4.20. The molecule has 0 N–H and O–H groups in total. The zero-order valence-electron chi connectivity index (χ0n) is 9.38. The highest BCUT2D eigenvalue weighted by atomic mass is 16.5. The zero-order valence-corrected chi connectivity index (χ0v) is 9.38. The lowest BCUT2D eigenvalue weighted by Crippen LogP contribution is -2.51. The van der Waals surface area contributed by atoms with Crippen molar-refractivity contribution in [1.82, 2.24) is 0 Å². The first-order chi connectivity index (χ1) is 6.23. The smallest absolute Gasteiger partial charge is 0.112 e. The molecule has 1 atom stereocenters. The molecule has 1 aliphatic rings. The predicted octanol–water partition coefficient (Wildman–Crippen LogP) is 2.04. The first kappa shape index (κ1) is 11.0. The maximum atomic E-state index is 5.55. The van der Waals surface area contributed by atoms with Crippen LogP contribution in [0.3, 0.4) is 0 Å². The van der Waals surface area contributed by atoms with Crippen LogP contribution in [0.4, 0.5) is 0 Å². The van der Waals surface area contributed by atoms with Gasteiger partial charge < -0.3 is 9.22 Å². The fraction of sp³-hybridized carbons (Fsp3) is 1.00. The van der Waals surface area contributed by atoms with Crippen LogP contribution in [0.25, 0.3) is 0 Å². The third-order valence-electron chi connectivity index (χ3n) is 3.46. The van der Waals surface area contributed by atoms with Gasteiger partial charge in [-0.25, -0.2) is 0 Å². The number of likely N-dealkylation sites (tertiary alicyclic amines) is 1. The summed E-state index contributed by atoms with van der Waals surface area (Å²) in [6, 6.07) is 0.724. The van der Waals surface area contributed by atoms with E-state index in [1.54, 1.807) is 0 Å². The van der Waals surface area contributed by atoms with E-state index in [9.17, 15) is 0 Å². The molecule has 1 saturated heterocycles. The van der Waals surface area contributed by atoms with E-state index in [1.807, 2.05) is 0 Å². The van der Waals surface area contributed by atoms with Crippen molar-refractivity contribution in [3.8, 4) is 0 Å². The molecule has 0 aromatic heterocycles. The van der Waals surface area contributed by atoms with Crippen LogP contribution in [0.15, 0.2) is 0 Å². The van der Waals surface area contributed by atoms with Crippen LogP contribution in [0.1, 0.15) is 33.1 Å². The van der Waals surface area contributed by atoms with E-state index in [1.165, 1.54) is 36.8 Å². The van der Waals surface area contributed by atoms with E-state index < -0.39 is 0 Å². The minimum absolute atomic E-state index is 0.724. The SMILES string of the molecule is CCOC[C@@H](CC)[N+]1(C)CCCC1. The van der Waals surface area contributed by atoms with Gasteiger partial charge in [0, 0.05) is 19.4 Å². The molecule has 1 rings (SSSR count). The fourth-order valence-corrected chi connectivity index (χ4v) is 2.42. The van der Waals surface area contributed by atoms with Crippen molar-refractivity contribution in [3.63, 3.8) is 0 Å². The summed E-state index contributed by atoms with van der Waals surface area (Å²) in [5.74, 6) is 0. The second-order valence-corrected chi connectivity index (χ2v) is 4.36. The zero-order chi connectivity index (χ0) is 9.73. The first-order valence-corrected chi connectivity index (χ1v) is 5.65. The predicted molar refractivity (Wildman–Crippen MR) is 55.7 cm³/mol. The number of nitrogens with zero attached hydrogens (tertiary/aromatic N) is 1. The summed E-state index contributed by atoms with van der Waals surface area (Å²) in [5.41, 5.74) is 0. The van der Waals surface area contributed by atoms with Crippen LogP contribution in [0.5, 0.6) is 0 Å². The van der Waals surface area contributed by atoms with Crippen LogP contribution < -0.4 is 0 Å². The largest absolute Gasteiger partial charge is 0.376 e. The summed E-state index contributed by atoms with van der Waals surface area (Å²) in [5, 5.41) is 0. The Morgan fingerprint density at radius 2 is 1.85 bits per heavy atom. The van der Waals surface area contributed by atoms with Crippen molar-refractivity contribution < 1.29 is 9.22 Å². The maximum absolute atomic E-state index is 5.55. The molecule has 0 spiro atoms. The summed E-state index contributed by atoms with van der Waals surface area (Å²) in [4.78, 5) is 0. The van der Waals surface area contributed by atoms with Gasteiger partial charge >= 0.3 is 0 Å². The quantitative estimate of drug-likeness (QED) is 0.597. The van der Waals surface area contributed by atoms with Crippen LogP contribution in [-0.2, 0) is 4.74 Å². The molecule has 1 aliphatic heterocycles. The lowest BCUT2D eigenvalue weighted by molar-refractivity contribution is -0.922. The minimum Gasteiger partial charge on any atom is -0.376 e. The van der Waals surface area contributed by atoms with Crippen LogP contribution >= 0.6 is 0 Å². The lowest BCUT2D eigenvalue weighted by atomic mass is 10.2. The molecule has 0 bridgehead atoms. The number of hydrogen-bond donors (Lipinski definition) is 0.